The van der Waals surface area contributed by atoms with Gasteiger partial charge in [-0.3, -0.25) is 4.79 Å². The van der Waals surface area contributed by atoms with Crippen LogP contribution in [0.25, 0.3) is 0 Å². The van der Waals surface area contributed by atoms with Crippen molar-refractivity contribution in [2.45, 2.75) is 25.7 Å². The van der Waals surface area contributed by atoms with Crippen molar-refractivity contribution in [3.05, 3.63) is 29.8 Å². The lowest BCUT2D eigenvalue weighted by Crippen LogP contribution is -2.22. The molecule has 0 spiro atoms. The van der Waals surface area contributed by atoms with Crippen LogP contribution in [0.1, 0.15) is 31.1 Å². The van der Waals surface area contributed by atoms with E-state index in [4.69, 9.17) is 0 Å². The maximum absolute atomic E-state index is 12.6. The van der Waals surface area contributed by atoms with E-state index >= 15 is 0 Å². The van der Waals surface area contributed by atoms with E-state index in [1.54, 1.807) is 6.92 Å². The zero-order chi connectivity index (χ0) is 13.5. The van der Waals surface area contributed by atoms with E-state index in [1.807, 2.05) is 13.8 Å². The molecule has 6 heteroatoms. The van der Waals surface area contributed by atoms with Gasteiger partial charge in [0.05, 0.1) is 4.90 Å². The van der Waals surface area contributed by atoms with Crippen molar-refractivity contribution in [1.29, 1.82) is 0 Å². The summed E-state index contributed by atoms with van der Waals surface area (Å²) in [5.41, 5.74) is 0.121. The topological polar surface area (TPSA) is 63.2 Å². The normalized spacial score (nSPS) is 10.1. The number of rotatable bonds is 3. The Morgan fingerprint density at radius 2 is 1.94 bits per heavy atom. The number of halogens is 1. The van der Waals surface area contributed by atoms with Crippen LogP contribution in [0.2, 0.25) is 0 Å². The molecule has 0 saturated carbocycles. The standard InChI is InChI=1S/C9H10FNO3S.C2H6/c1-2-11-9(12)7-4-3-5-8(6-7)15(10,13)14;1-2/h3-6H,2H2,1H3,(H,11,12);1-2H3. The highest BCUT2D eigenvalue weighted by Gasteiger charge is 2.14. The molecule has 17 heavy (non-hydrogen) atoms. The van der Waals surface area contributed by atoms with Gasteiger partial charge >= 0.3 is 10.2 Å². The smallest absolute Gasteiger partial charge is 0.332 e. The summed E-state index contributed by atoms with van der Waals surface area (Å²) in [6.45, 7) is 6.15. The van der Waals surface area contributed by atoms with E-state index in [2.05, 4.69) is 5.32 Å². The van der Waals surface area contributed by atoms with Gasteiger partial charge < -0.3 is 5.32 Å². The Kier molecular flexibility index (Phi) is 6.42. The lowest BCUT2D eigenvalue weighted by molar-refractivity contribution is 0.0955. The van der Waals surface area contributed by atoms with Crippen LogP contribution in [0, 0.1) is 0 Å². The summed E-state index contributed by atoms with van der Waals surface area (Å²) in [6.07, 6.45) is 0. The van der Waals surface area contributed by atoms with Crippen molar-refractivity contribution in [3.63, 3.8) is 0 Å². The van der Waals surface area contributed by atoms with Crippen molar-refractivity contribution in [2.75, 3.05) is 6.54 Å². The Morgan fingerprint density at radius 3 is 2.41 bits per heavy atom. The zero-order valence-corrected chi connectivity index (χ0v) is 10.8. The van der Waals surface area contributed by atoms with Gasteiger partial charge in [0.1, 0.15) is 0 Å². The van der Waals surface area contributed by atoms with Gasteiger partial charge in [0.2, 0.25) is 0 Å². The zero-order valence-electron chi connectivity index (χ0n) is 10.0. The highest BCUT2D eigenvalue weighted by Crippen LogP contribution is 2.13. The molecule has 1 aromatic rings. The number of nitrogens with one attached hydrogen (secondary N) is 1. The molecule has 0 heterocycles. The summed E-state index contributed by atoms with van der Waals surface area (Å²) in [5, 5.41) is 2.48. The molecule has 1 aromatic carbocycles. The van der Waals surface area contributed by atoms with Crippen LogP contribution in [-0.4, -0.2) is 20.9 Å². The third-order valence-corrected chi connectivity index (χ3v) is 2.53. The quantitative estimate of drug-likeness (QED) is 0.848. The Morgan fingerprint density at radius 1 is 1.35 bits per heavy atom. The fourth-order valence-electron chi connectivity index (χ4n) is 1.05. The maximum atomic E-state index is 12.6. The van der Waals surface area contributed by atoms with Gasteiger partial charge in [-0.15, -0.1) is 3.89 Å². The minimum absolute atomic E-state index is 0.121. The molecule has 0 fully saturated rings. The van der Waals surface area contributed by atoms with Crippen molar-refractivity contribution in [2.24, 2.45) is 0 Å². The highest BCUT2D eigenvalue weighted by atomic mass is 32.3. The molecule has 0 saturated heterocycles. The summed E-state index contributed by atoms with van der Waals surface area (Å²) in [7, 11) is -4.75. The average Bonchev–Trinajstić information content (AvgIpc) is 2.31. The predicted molar refractivity (Wildman–Crippen MR) is 64.1 cm³/mol. The van der Waals surface area contributed by atoms with E-state index < -0.39 is 21.0 Å². The monoisotopic (exact) mass is 261 g/mol. The molecule has 96 valence electrons. The molecule has 4 nitrogen and oxygen atoms in total. The Labute approximate surface area is 101 Å². The largest absolute Gasteiger partial charge is 0.352 e. The van der Waals surface area contributed by atoms with E-state index in [-0.39, 0.29) is 5.56 Å². The summed E-state index contributed by atoms with van der Waals surface area (Å²) in [6, 6.07) is 4.83. The lowest BCUT2D eigenvalue weighted by atomic mass is 10.2. The van der Waals surface area contributed by atoms with Gasteiger partial charge in [-0.1, -0.05) is 19.9 Å². The van der Waals surface area contributed by atoms with Crippen LogP contribution in [0.5, 0.6) is 0 Å². The molecule has 0 unspecified atom stereocenters. The number of carbonyl (C=O) groups excluding carboxylic acids is 1. The summed E-state index contributed by atoms with van der Waals surface area (Å²) in [5.74, 6) is -0.428. The second-order valence-electron chi connectivity index (χ2n) is 2.83. The molecule has 0 bridgehead atoms. The van der Waals surface area contributed by atoms with E-state index in [0.717, 1.165) is 12.1 Å². The van der Waals surface area contributed by atoms with Crippen molar-refractivity contribution >= 4 is 16.1 Å². The first-order valence-electron chi connectivity index (χ1n) is 5.28. The molecule has 0 atom stereocenters. The number of hydrogen-bond donors (Lipinski definition) is 1. The summed E-state index contributed by atoms with van der Waals surface area (Å²) < 4.78 is 33.7. The highest BCUT2D eigenvalue weighted by molar-refractivity contribution is 7.86. The number of benzene rings is 1. The van der Waals surface area contributed by atoms with Gasteiger partial charge in [0.25, 0.3) is 5.91 Å². The molecule has 0 aliphatic carbocycles. The number of amides is 1. The Hall–Kier alpha value is -1.43. The van der Waals surface area contributed by atoms with Crippen LogP contribution >= 0.6 is 0 Å². The average molecular weight is 261 g/mol. The molecule has 0 aliphatic rings. The molecule has 1 N–H and O–H groups in total. The SMILES string of the molecule is CC.CCNC(=O)c1cccc(S(=O)(=O)F)c1. The molecular weight excluding hydrogens is 245 g/mol. The van der Waals surface area contributed by atoms with Gasteiger partial charge in [-0.2, -0.15) is 8.42 Å². The van der Waals surface area contributed by atoms with Crippen LogP contribution in [0.3, 0.4) is 0 Å². The van der Waals surface area contributed by atoms with E-state index in [1.165, 1.54) is 12.1 Å². The second kappa shape index (κ2) is 7.01. The Balaban J connectivity index is 0.00000121. The fourth-order valence-corrected chi connectivity index (χ4v) is 1.56. The Bertz CT molecular complexity index is 471. The molecule has 0 aliphatic heterocycles. The first-order chi connectivity index (χ1) is 7.95. The summed E-state index contributed by atoms with van der Waals surface area (Å²) in [4.78, 5) is 10.8. The lowest BCUT2D eigenvalue weighted by Gasteiger charge is -2.02. The maximum Gasteiger partial charge on any atom is 0.332 e. The van der Waals surface area contributed by atoms with Gasteiger partial charge in [-0.25, -0.2) is 0 Å². The second-order valence-corrected chi connectivity index (χ2v) is 4.17. The van der Waals surface area contributed by atoms with Crippen LogP contribution in [0.15, 0.2) is 29.2 Å². The minimum atomic E-state index is -4.75. The van der Waals surface area contributed by atoms with Crippen molar-refractivity contribution in [1.82, 2.24) is 5.32 Å². The van der Waals surface area contributed by atoms with Gasteiger partial charge in [-0.05, 0) is 25.1 Å². The molecule has 1 rings (SSSR count). The van der Waals surface area contributed by atoms with Gasteiger partial charge in [0.15, 0.2) is 0 Å². The molecule has 0 radical (unpaired) electrons. The molecular formula is C11H16FNO3S. The molecule has 1 amide bonds. The first-order valence-corrected chi connectivity index (χ1v) is 6.66. The van der Waals surface area contributed by atoms with Gasteiger partial charge in [0, 0.05) is 12.1 Å². The fraction of sp³-hybridized carbons (Fsp3) is 0.364. The first kappa shape index (κ1) is 15.6. The third kappa shape index (κ3) is 4.95. The van der Waals surface area contributed by atoms with Crippen LogP contribution in [-0.2, 0) is 10.2 Å². The summed E-state index contributed by atoms with van der Waals surface area (Å²) >= 11 is 0. The third-order valence-electron chi connectivity index (χ3n) is 1.72. The van der Waals surface area contributed by atoms with E-state index in [9.17, 15) is 17.1 Å². The van der Waals surface area contributed by atoms with Crippen molar-refractivity contribution in [3.8, 4) is 0 Å². The number of carbonyl (C=O) groups is 1. The number of hydrogen-bond acceptors (Lipinski definition) is 3. The molecule has 0 aromatic heterocycles. The van der Waals surface area contributed by atoms with Crippen LogP contribution in [0.4, 0.5) is 3.89 Å². The minimum Gasteiger partial charge on any atom is -0.352 e. The van der Waals surface area contributed by atoms with Crippen LogP contribution < -0.4 is 5.32 Å². The predicted octanol–water partition coefficient (Wildman–Crippen LogP) is 2.12. The van der Waals surface area contributed by atoms with E-state index in [0.29, 0.717) is 6.54 Å². The van der Waals surface area contributed by atoms with Crippen molar-refractivity contribution < 1.29 is 17.1 Å².